The predicted molar refractivity (Wildman–Crippen MR) is 72.3 cm³/mol. The molecule has 0 bridgehead atoms. The van der Waals surface area contributed by atoms with Gasteiger partial charge in [0.2, 0.25) is 0 Å². The molecule has 0 atom stereocenters. The Balaban J connectivity index is 0.00000112. The lowest BCUT2D eigenvalue weighted by Crippen LogP contribution is -1.73. The monoisotopic (exact) mass is 210 g/mol. The number of rotatable bonds is 0. The van der Waals surface area contributed by atoms with Crippen LogP contribution in [0.1, 0.15) is 26.0 Å². The molecule has 0 saturated carbocycles. The molecule has 0 aliphatic rings. The van der Waals surface area contributed by atoms with Crippen LogP contribution in [0.25, 0.3) is 0 Å². The highest BCUT2D eigenvalue weighted by Crippen LogP contribution is 1.98. The highest BCUT2D eigenvalue weighted by atomic mass is 13.9. The first kappa shape index (κ1) is 14.0. The van der Waals surface area contributed by atoms with Gasteiger partial charge in [0.25, 0.3) is 0 Å². The molecule has 0 nitrogen and oxygen atoms in total. The van der Waals surface area contributed by atoms with Crippen molar-refractivity contribution in [2.45, 2.75) is 14.9 Å². The quantitative estimate of drug-likeness (QED) is 0.567. The summed E-state index contributed by atoms with van der Waals surface area (Å²) in [6.45, 7) is 0. The molecule has 82 valence electrons. The molecule has 0 amide bonds. The van der Waals surface area contributed by atoms with Crippen molar-refractivity contribution in [1.29, 1.82) is 0 Å². The number of hydrogen-bond acceptors (Lipinski definition) is 0. The third-order valence-corrected chi connectivity index (χ3v) is 1.90. The van der Waals surface area contributed by atoms with E-state index in [9.17, 15) is 0 Å². The van der Waals surface area contributed by atoms with Gasteiger partial charge in [0, 0.05) is 11.1 Å². The minimum absolute atomic E-state index is 0. The van der Waals surface area contributed by atoms with Crippen molar-refractivity contribution >= 4 is 0 Å². The van der Waals surface area contributed by atoms with Gasteiger partial charge < -0.3 is 0 Å². The summed E-state index contributed by atoms with van der Waals surface area (Å²) < 4.78 is 0. The van der Waals surface area contributed by atoms with E-state index < -0.39 is 0 Å². The largest absolute Gasteiger partial charge is 0.0776 e. The first-order chi connectivity index (χ1) is 6.95. The van der Waals surface area contributed by atoms with Crippen LogP contribution >= 0.6 is 0 Å². The average Bonchev–Trinajstić information content (AvgIpc) is 2.29. The van der Waals surface area contributed by atoms with Crippen LogP contribution in [0.2, 0.25) is 0 Å². The fourth-order valence-corrected chi connectivity index (χ4v) is 1.19. The van der Waals surface area contributed by atoms with Gasteiger partial charge in [-0.15, -0.1) is 0 Å². The van der Waals surface area contributed by atoms with Crippen LogP contribution in [0.5, 0.6) is 0 Å². The van der Waals surface area contributed by atoms with E-state index in [4.69, 9.17) is 0 Å². The summed E-state index contributed by atoms with van der Waals surface area (Å²) in [6, 6.07) is 20.0. The topological polar surface area (TPSA) is 0 Å². The van der Waals surface area contributed by atoms with E-state index in [1.807, 2.05) is 60.7 Å². The van der Waals surface area contributed by atoms with Gasteiger partial charge in [-0.25, -0.2) is 0 Å². The number of benzene rings is 2. The Labute approximate surface area is 99.0 Å². The maximum Gasteiger partial charge on any atom is 0.0249 e. The molecule has 0 saturated heterocycles. The number of hydrogen-bond donors (Lipinski definition) is 0. The summed E-state index contributed by atoms with van der Waals surface area (Å²) in [6.07, 6.45) is 0. The van der Waals surface area contributed by atoms with Crippen molar-refractivity contribution in [2.24, 2.45) is 0 Å². The Morgan fingerprint density at radius 1 is 0.500 bits per heavy atom. The zero-order chi connectivity index (χ0) is 9.64. The molecule has 2 aromatic rings. The summed E-state index contributed by atoms with van der Waals surface area (Å²) in [5.74, 6) is 6.22. The van der Waals surface area contributed by atoms with Gasteiger partial charge in [-0.05, 0) is 24.3 Å². The van der Waals surface area contributed by atoms with Crippen LogP contribution in [-0.2, 0) is 0 Å². The fourth-order valence-electron chi connectivity index (χ4n) is 1.19. The fraction of sp³-hybridized carbons (Fsp3) is 0.125. The van der Waals surface area contributed by atoms with E-state index >= 15 is 0 Å². The van der Waals surface area contributed by atoms with Crippen molar-refractivity contribution in [1.82, 2.24) is 0 Å². The van der Waals surface area contributed by atoms with Gasteiger partial charge in [-0.1, -0.05) is 63.1 Å². The molecule has 0 heteroatoms. The zero-order valence-electron chi connectivity index (χ0n) is 7.77. The summed E-state index contributed by atoms with van der Waals surface area (Å²) in [5, 5.41) is 0. The minimum Gasteiger partial charge on any atom is -0.0776 e. The van der Waals surface area contributed by atoms with Gasteiger partial charge in [0.1, 0.15) is 0 Å². The molecule has 0 heterocycles. The van der Waals surface area contributed by atoms with Gasteiger partial charge in [0.05, 0.1) is 0 Å². The van der Waals surface area contributed by atoms with Crippen LogP contribution in [-0.4, -0.2) is 0 Å². The molecule has 0 radical (unpaired) electrons. The van der Waals surface area contributed by atoms with Crippen molar-refractivity contribution in [3.63, 3.8) is 0 Å². The summed E-state index contributed by atoms with van der Waals surface area (Å²) in [4.78, 5) is 0. The molecule has 0 unspecified atom stereocenters. The van der Waals surface area contributed by atoms with E-state index in [-0.39, 0.29) is 14.9 Å². The third-order valence-electron chi connectivity index (χ3n) is 1.90. The van der Waals surface area contributed by atoms with E-state index in [2.05, 4.69) is 11.8 Å². The van der Waals surface area contributed by atoms with E-state index in [1.165, 1.54) is 0 Å². The molecule has 0 fully saturated rings. The third kappa shape index (κ3) is 4.02. The Morgan fingerprint density at radius 2 is 0.812 bits per heavy atom. The Bertz CT molecular complexity index is 400. The first-order valence-electron chi connectivity index (χ1n) is 4.57. The van der Waals surface area contributed by atoms with E-state index in [0.29, 0.717) is 0 Å². The van der Waals surface area contributed by atoms with Crippen molar-refractivity contribution < 1.29 is 0 Å². The van der Waals surface area contributed by atoms with Crippen molar-refractivity contribution in [2.75, 3.05) is 0 Å². The lowest BCUT2D eigenvalue weighted by molar-refractivity contribution is 1.62. The molecule has 0 aliphatic carbocycles. The lowest BCUT2D eigenvalue weighted by Gasteiger charge is -1.88. The standard InChI is InChI=1S/C14H10.2CH4/c1-3-7-13(8-4-1)11-12-14-9-5-2-6-10-14;;/h1-10H;2*1H4. The van der Waals surface area contributed by atoms with Crippen LogP contribution in [0.15, 0.2) is 60.7 Å². The maximum atomic E-state index is 3.11. The minimum atomic E-state index is 0. The smallest absolute Gasteiger partial charge is 0.0249 e. The average molecular weight is 210 g/mol. The van der Waals surface area contributed by atoms with Gasteiger partial charge in [0.15, 0.2) is 0 Å². The molecule has 0 spiro atoms. The van der Waals surface area contributed by atoms with Crippen molar-refractivity contribution in [3.05, 3.63) is 71.8 Å². The van der Waals surface area contributed by atoms with Crippen LogP contribution in [0, 0.1) is 11.8 Å². The maximum absolute atomic E-state index is 3.11. The predicted octanol–water partition coefficient (Wildman–Crippen LogP) is 4.36. The zero-order valence-corrected chi connectivity index (χ0v) is 7.77. The summed E-state index contributed by atoms with van der Waals surface area (Å²) in [5.41, 5.74) is 2.10. The first-order valence-corrected chi connectivity index (χ1v) is 4.57. The van der Waals surface area contributed by atoms with Crippen molar-refractivity contribution in [3.8, 4) is 11.8 Å². The molecule has 0 aliphatic heterocycles. The van der Waals surface area contributed by atoms with Crippen LogP contribution < -0.4 is 0 Å². The van der Waals surface area contributed by atoms with Gasteiger partial charge >= 0.3 is 0 Å². The molecule has 0 N–H and O–H groups in total. The van der Waals surface area contributed by atoms with Crippen LogP contribution in [0.4, 0.5) is 0 Å². The molecule has 2 rings (SSSR count). The molecule has 0 aromatic heterocycles. The Hall–Kier alpha value is -2.00. The van der Waals surface area contributed by atoms with E-state index in [0.717, 1.165) is 11.1 Å². The SMILES string of the molecule is C.C.C(#Cc1ccccc1)c1ccccc1. The molecule has 2 aromatic carbocycles. The highest BCUT2D eigenvalue weighted by molar-refractivity contribution is 5.42. The van der Waals surface area contributed by atoms with Crippen LogP contribution in [0.3, 0.4) is 0 Å². The lowest BCUT2D eigenvalue weighted by atomic mass is 10.2. The molecular weight excluding hydrogens is 192 g/mol. The normalized spacial score (nSPS) is 7.75. The second-order valence-corrected chi connectivity index (χ2v) is 2.98. The summed E-state index contributed by atoms with van der Waals surface area (Å²) in [7, 11) is 0. The highest BCUT2D eigenvalue weighted by Gasteiger charge is 1.83. The van der Waals surface area contributed by atoms with Gasteiger partial charge in [-0.2, -0.15) is 0 Å². The summed E-state index contributed by atoms with van der Waals surface area (Å²) >= 11 is 0. The Morgan fingerprint density at radius 3 is 1.12 bits per heavy atom. The second-order valence-electron chi connectivity index (χ2n) is 2.98. The molecular formula is C16H18. The van der Waals surface area contributed by atoms with Gasteiger partial charge in [-0.3, -0.25) is 0 Å². The van der Waals surface area contributed by atoms with E-state index in [1.54, 1.807) is 0 Å². The molecule has 16 heavy (non-hydrogen) atoms. The Kier molecular flexibility index (Phi) is 6.40. The second kappa shape index (κ2) is 7.31.